The van der Waals surface area contributed by atoms with E-state index in [0.717, 1.165) is 11.3 Å². The van der Waals surface area contributed by atoms with Crippen molar-refractivity contribution in [3.63, 3.8) is 0 Å². The number of benzene rings is 1. The lowest BCUT2D eigenvalue weighted by atomic mass is 10.3. The van der Waals surface area contributed by atoms with E-state index in [0.29, 0.717) is 5.52 Å². The molecule has 114 valence electrons. The van der Waals surface area contributed by atoms with Crippen LogP contribution in [-0.2, 0) is 14.8 Å². The molecule has 3 rings (SSSR count). The summed E-state index contributed by atoms with van der Waals surface area (Å²) in [5.41, 5.74) is 0.580. The van der Waals surface area contributed by atoms with E-state index in [2.05, 4.69) is 24.4 Å². The maximum atomic E-state index is 12.5. The number of aromatic nitrogens is 2. The predicted molar refractivity (Wildman–Crippen MR) is 78.3 cm³/mol. The summed E-state index contributed by atoms with van der Waals surface area (Å²) in [5, 5.41) is 8.78. The van der Waals surface area contributed by atoms with Gasteiger partial charge < -0.3 is 4.74 Å². The zero-order valence-electron chi connectivity index (χ0n) is 11.1. The largest absolute Gasteiger partial charge is 0.465 e. The molecule has 22 heavy (non-hydrogen) atoms. The van der Waals surface area contributed by atoms with Crippen LogP contribution in [0.5, 0.6) is 0 Å². The molecule has 0 saturated heterocycles. The van der Waals surface area contributed by atoms with E-state index < -0.39 is 16.0 Å². The molecular formula is C12H9N3O5S2. The van der Waals surface area contributed by atoms with E-state index in [-0.39, 0.29) is 21.0 Å². The van der Waals surface area contributed by atoms with Crippen molar-refractivity contribution in [3.05, 3.63) is 34.5 Å². The second kappa shape index (κ2) is 5.39. The molecule has 0 aliphatic rings. The van der Waals surface area contributed by atoms with Gasteiger partial charge in [-0.1, -0.05) is 6.07 Å². The highest BCUT2D eigenvalue weighted by molar-refractivity contribution is 7.93. The third-order valence-electron chi connectivity index (χ3n) is 2.82. The molecule has 0 aliphatic heterocycles. The summed E-state index contributed by atoms with van der Waals surface area (Å²) >= 11 is 1.08. The molecule has 0 saturated carbocycles. The van der Waals surface area contributed by atoms with Crippen molar-refractivity contribution in [2.75, 3.05) is 11.8 Å². The minimum Gasteiger partial charge on any atom is -0.465 e. The monoisotopic (exact) mass is 339 g/mol. The van der Waals surface area contributed by atoms with Gasteiger partial charge in [-0.05, 0) is 33.9 Å². The number of ether oxygens (including phenoxy) is 1. The fourth-order valence-corrected chi connectivity index (χ4v) is 3.89. The van der Waals surface area contributed by atoms with Gasteiger partial charge in [0.05, 0.1) is 12.8 Å². The molecule has 1 aromatic carbocycles. The molecule has 10 heteroatoms. The highest BCUT2D eigenvalue weighted by atomic mass is 32.2. The summed E-state index contributed by atoms with van der Waals surface area (Å²) in [6.45, 7) is 0. The second-order valence-corrected chi connectivity index (χ2v) is 6.72. The fourth-order valence-electron chi connectivity index (χ4n) is 1.84. The lowest BCUT2D eigenvalue weighted by molar-refractivity contribution is 0.0607. The number of sulfonamides is 1. The van der Waals surface area contributed by atoms with Gasteiger partial charge in [-0.3, -0.25) is 4.72 Å². The number of methoxy groups -OCH3 is 1. The van der Waals surface area contributed by atoms with Crippen LogP contribution in [0.15, 0.2) is 39.2 Å². The van der Waals surface area contributed by atoms with E-state index in [1.807, 2.05) is 0 Å². The summed E-state index contributed by atoms with van der Waals surface area (Å²) in [7, 11) is -2.73. The van der Waals surface area contributed by atoms with Crippen LogP contribution < -0.4 is 4.72 Å². The SMILES string of the molecule is COC(=O)c1sccc1NS(=O)(=O)c1cccc2nonc12. The smallest absolute Gasteiger partial charge is 0.350 e. The summed E-state index contributed by atoms with van der Waals surface area (Å²) in [5.74, 6) is -0.617. The Morgan fingerprint density at radius 3 is 2.91 bits per heavy atom. The van der Waals surface area contributed by atoms with Gasteiger partial charge in [0.25, 0.3) is 10.0 Å². The summed E-state index contributed by atoms with van der Waals surface area (Å²) in [6.07, 6.45) is 0. The van der Waals surface area contributed by atoms with Crippen molar-refractivity contribution in [2.45, 2.75) is 4.90 Å². The molecule has 2 heterocycles. The van der Waals surface area contributed by atoms with Gasteiger partial charge in [0, 0.05) is 0 Å². The van der Waals surface area contributed by atoms with Crippen molar-refractivity contribution in [1.29, 1.82) is 0 Å². The van der Waals surface area contributed by atoms with E-state index in [9.17, 15) is 13.2 Å². The Labute approximate surface area is 128 Å². The molecule has 0 fully saturated rings. The Kier molecular flexibility index (Phi) is 3.54. The molecule has 0 bridgehead atoms. The van der Waals surface area contributed by atoms with E-state index in [1.54, 1.807) is 11.4 Å². The van der Waals surface area contributed by atoms with E-state index >= 15 is 0 Å². The zero-order valence-corrected chi connectivity index (χ0v) is 12.8. The minimum atomic E-state index is -3.96. The standard InChI is InChI=1S/C12H9N3O5S2/c1-19-12(16)11-8(5-6-21-11)15-22(17,18)9-4-2-3-7-10(9)14-20-13-7/h2-6,15H,1H3. The first-order valence-electron chi connectivity index (χ1n) is 5.93. The van der Waals surface area contributed by atoms with Crippen molar-refractivity contribution < 1.29 is 22.6 Å². The van der Waals surface area contributed by atoms with Crippen LogP contribution in [0.2, 0.25) is 0 Å². The Bertz CT molecular complexity index is 944. The molecule has 0 amide bonds. The molecule has 0 radical (unpaired) electrons. The Morgan fingerprint density at radius 2 is 2.14 bits per heavy atom. The number of nitrogens with one attached hydrogen (secondary N) is 1. The third kappa shape index (κ3) is 2.42. The van der Waals surface area contributed by atoms with Gasteiger partial charge in [-0.25, -0.2) is 17.8 Å². The van der Waals surface area contributed by atoms with Gasteiger partial charge >= 0.3 is 5.97 Å². The second-order valence-electron chi connectivity index (χ2n) is 4.15. The Morgan fingerprint density at radius 1 is 1.32 bits per heavy atom. The van der Waals surface area contributed by atoms with Crippen LogP contribution in [0.3, 0.4) is 0 Å². The first kappa shape index (κ1) is 14.5. The van der Waals surface area contributed by atoms with E-state index in [1.165, 1.54) is 25.3 Å². The molecule has 0 atom stereocenters. The van der Waals surface area contributed by atoms with Crippen molar-refractivity contribution in [1.82, 2.24) is 10.3 Å². The summed E-state index contributed by atoms with van der Waals surface area (Å²) in [6, 6.07) is 5.96. The number of nitrogens with zero attached hydrogens (tertiary/aromatic N) is 2. The number of esters is 1. The number of carbonyl (C=O) groups is 1. The Hall–Kier alpha value is -2.46. The maximum Gasteiger partial charge on any atom is 0.350 e. The molecule has 8 nitrogen and oxygen atoms in total. The lowest BCUT2D eigenvalue weighted by Crippen LogP contribution is -2.15. The average molecular weight is 339 g/mol. The van der Waals surface area contributed by atoms with Crippen LogP contribution >= 0.6 is 11.3 Å². The van der Waals surface area contributed by atoms with Gasteiger partial charge in [0.15, 0.2) is 5.52 Å². The fraction of sp³-hybridized carbons (Fsp3) is 0.0833. The van der Waals surface area contributed by atoms with Crippen LogP contribution in [-0.4, -0.2) is 31.8 Å². The van der Waals surface area contributed by atoms with Crippen molar-refractivity contribution in [3.8, 4) is 0 Å². The molecular weight excluding hydrogens is 330 g/mol. The number of hydrogen-bond acceptors (Lipinski definition) is 8. The van der Waals surface area contributed by atoms with Crippen LogP contribution in [0.25, 0.3) is 11.0 Å². The van der Waals surface area contributed by atoms with Gasteiger partial charge in [0.2, 0.25) is 0 Å². The minimum absolute atomic E-state index is 0.0896. The van der Waals surface area contributed by atoms with Crippen LogP contribution in [0, 0.1) is 0 Å². The molecule has 2 aromatic heterocycles. The number of fused-ring (bicyclic) bond motifs is 1. The highest BCUT2D eigenvalue weighted by Crippen LogP contribution is 2.27. The van der Waals surface area contributed by atoms with Crippen LogP contribution in [0.4, 0.5) is 5.69 Å². The van der Waals surface area contributed by atoms with Gasteiger partial charge in [-0.2, -0.15) is 0 Å². The Balaban J connectivity index is 2.03. The first-order valence-corrected chi connectivity index (χ1v) is 8.29. The van der Waals surface area contributed by atoms with Crippen molar-refractivity contribution >= 4 is 44.1 Å². The van der Waals surface area contributed by atoms with Crippen LogP contribution in [0.1, 0.15) is 9.67 Å². The molecule has 3 aromatic rings. The summed E-state index contributed by atoms with van der Waals surface area (Å²) < 4.78 is 36.5. The van der Waals surface area contributed by atoms with Gasteiger partial charge in [0.1, 0.15) is 15.3 Å². The number of thiophene rings is 1. The first-order chi connectivity index (χ1) is 10.5. The third-order valence-corrected chi connectivity index (χ3v) is 5.11. The number of carbonyl (C=O) groups excluding carboxylic acids is 1. The zero-order chi connectivity index (χ0) is 15.7. The molecule has 0 spiro atoms. The number of anilines is 1. The molecule has 1 N–H and O–H groups in total. The predicted octanol–water partition coefficient (Wildman–Crippen LogP) is 1.87. The molecule has 0 unspecified atom stereocenters. The summed E-state index contributed by atoms with van der Waals surface area (Å²) in [4.78, 5) is 11.7. The quantitative estimate of drug-likeness (QED) is 0.722. The topological polar surface area (TPSA) is 111 Å². The molecule has 0 aliphatic carbocycles. The van der Waals surface area contributed by atoms with Gasteiger partial charge in [-0.15, -0.1) is 11.3 Å². The number of rotatable bonds is 4. The maximum absolute atomic E-state index is 12.5. The van der Waals surface area contributed by atoms with Crippen molar-refractivity contribution in [2.24, 2.45) is 0 Å². The lowest BCUT2D eigenvalue weighted by Gasteiger charge is -2.08. The highest BCUT2D eigenvalue weighted by Gasteiger charge is 2.23. The number of hydrogen-bond donors (Lipinski definition) is 1. The average Bonchev–Trinajstić information content (AvgIpc) is 3.14. The van der Waals surface area contributed by atoms with E-state index in [4.69, 9.17) is 0 Å². The normalized spacial score (nSPS) is 11.5.